The second-order valence-electron chi connectivity index (χ2n) is 6.05. The number of halogens is 3. The monoisotopic (exact) mass is 409 g/mol. The summed E-state index contributed by atoms with van der Waals surface area (Å²) < 4.78 is 24.4. The molecule has 1 aromatic carbocycles. The van der Waals surface area contributed by atoms with Crippen LogP contribution in [0.3, 0.4) is 0 Å². The normalized spacial score (nSPS) is 21.8. The molecular formula is C17H26Cl2FN3O3. The highest BCUT2D eigenvalue weighted by Crippen LogP contribution is 2.22. The molecule has 2 saturated heterocycles. The number of carbonyl (C=O) groups excluding carboxylic acids is 1. The quantitative estimate of drug-likeness (QED) is 0.763. The van der Waals surface area contributed by atoms with Crippen LogP contribution in [0.25, 0.3) is 0 Å². The van der Waals surface area contributed by atoms with Crippen molar-refractivity contribution >= 4 is 30.7 Å². The van der Waals surface area contributed by atoms with Crippen LogP contribution in [0.4, 0.5) is 4.39 Å². The first-order valence-electron chi connectivity index (χ1n) is 8.40. The predicted molar refractivity (Wildman–Crippen MR) is 102 cm³/mol. The maximum absolute atomic E-state index is 13.6. The number of benzene rings is 1. The second-order valence-corrected chi connectivity index (χ2v) is 6.05. The van der Waals surface area contributed by atoms with Crippen molar-refractivity contribution in [1.82, 2.24) is 15.5 Å². The molecule has 26 heavy (non-hydrogen) atoms. The molecule has 9 heteroatoms. The summed E-state index contributed by atoms with van der Waals surface area (Å²) in [5.41, 5.74) is 0.866. The van der Waals surface area contributed by atoms with Crippen molar-refractivity contribution in [2.75, 3.05) is 52.6 Å². The van der Waals surface area contributed by atoms with Crippen molar-refractivity contribution in [1.29, 1.82) is 0 Å². The third-order valence-electron chi connectivity index (χ3n) is 4.43. The standard InChI is InChI=1S/C17H24FN3O3.2ClH/c18-14-3-1-2-13(10-14)16(21-5-8-23-9-6-21)11-20-17(22)15-12-24-7-4-19-15;;/h1-3,10,15-16,19H,4-9,11-12H2,(H,20,22);2*1H. The first kappa shape index (κ1) is 23.1. The minimum atomic E-state index is -0.323. The predicted octanol–water partition coefficient (Wildman–Crippen LogP) is 1.15. The Labute approximate surface area is 165 Å². The van der Waals surface area contributed by atoms with Gasteiger partial charge >= 0.3 is 0 Å². The van der Waals surface area contributed by atoms with Crippen molar-refractivity contribution in [2.45, 2.75) is 12.1 Å². The largest absolute Gasteiger partial charge is 0.379 e. The van der Waals surface area contributed by atoms with Crippen LogP contribution in [0.1, 0.15) is 11.6 Å². The zero-order valence-corrected chi connectivity index (χ0v) is 16.1. The van der Waals surface area contributed by atoms with Crippen LogP contribution in [0.15, 0.2) is 24.3 Å². The highest BCUT2D eigenvalue weighted by atomic mass is 35.5. The van der Waals surface area contributed by atoms with Crippen LogP contribution >= 0.6 is 24.8 Å². The lowest BCUT2D eigenvalue weighted by Gasteiger charge is -2.35. The second kappa shape index (κ2) is 11.7. The van der Waals surface area contributed by atoms with Crippen LogP contribution in [0.2, 0.25) is 0 Å². The summed E-state index contributed by atoms with van der Waals surface area (Å²) in [5.74, 6) is -0.344. The van der Waals surface area contributed by atoms with Crippen molar-refractivity contribution in [3.8, 4) is 0 Å². The lowest BCUT2D eigenvalue weighted by molar-refractivity contribution is -0.126. The summed E-state index contributed by atoms with van der Waals surface area (Å²) in [5, 5.41) is 6.12. The molecule has 0 radical (unpaired) electrons. The van der Waals surface area contributed by atoms with Crippen molar-refractivity contribution in [3.63, 3.8) is 0 Å². The van der Waals surface area contributed by atoms with E-state index in [2.05, 4.69) is 15.5 Å². The molecule has 0 saturated carbocycles. The summed E-state index contributed by atoms with van der Waals surface area (Å²) in [6.45, 7) is 4.95. The van der Waals surface area contributed by atoms with Crippen LogP contribution in [0, 0.1) is 5.82 Å². The van der Waals surface area contributed by atoms with Crippen LogP contribution < -0.4 is 10.6 Å². The van der Waals surface area contributed by atoms with E-state index in [1.807, 2.05) is 6.07 Å². The zero-order valence-electron chi connectivity index (χ0n) is 14.5. The average molecular weight is 410 g/mol. The van der Waals surface area contributed by atoms with Gasteiger partial charge in [-0.3, -0.25) is 9.69 Å². The number of nitrogens with one attached hydrogen (secondary N) is 2. The van der Waals surface area contributed by atoms with E-state index >= 15 is 0 Å². The third kappa shape index (κ3) is 6.33. The highest BCUT2D eigenvalue weighted by Gasteiger charge is 2.26. The van der Waals surface area contributed by atoms with E-state index in [1.54, 1.807) is 6.07 Å². The van der Waals surface area contributed by atoms with E-state index in [4.69, 9.17) is 9.47 Å². The molecule has 0 aliphatic carbocycles. The topological polar surface area (TPSA) is 62.8 Å². The van der Waals surface area contributed by atoms with Gasteiger partial charge in [0.2, 0.25) is 5.91 Å². The fourth-order valence-corrected chi connectivity index (χ4v) is 3.12. The molecule has 2 atom stereocenters. The molecule has 148 valence electrons. The minimum absolute atomic E-state index is 0. The number of amides is 1. The molecule has 3 rings (SSSR count). The summed E-state index contributed by atoms with van der Waals surface area (Å²) in [4.78, 5) is 14.5. The Bertz CT molecular complexity index is 556. The van der Waals surface area contributed by atoms with E-state index in [9.17, 15) is 9.18 Å². The van der Waals surface area contributed by atoms with Crippen molar-refractivity contribution in [3.05, 3.63) is 35.6 Å². The fourth-order valence-electron chi connectivity index (χ4n) is 3.12. The van der Waals surface area contributed by atoms with Gasteiger partial charge in [-0.05, 0) is 17.7 Å². The van der Waals surface area contributed by atoms with Gasteiger partial charge in [-0.1, -0.05) is 12.1 Å². The smallest absolute Gasteiger partial charge is 0.239 e. The number of hydrogen-bond donors (Lipinski definition) is 2. The Morgan fingerprint density at radius 2 is 2.04 bits per heavy atom. The summed E-state index contributed by atoms with van der Waals surface area (Å²) in [6.07, 6.45) is 0. The molecule has 0 bridgehead atoms. The summed E-state index contributed by atoms with van der Waals surface area (Å²) in [6, 6.07) is 6.18. The van der Waals surface area contributed by atoms with E-state index in [0.717, 1.165) is 18.7 Å². The molecule has 2 unspecified atom stereocenters. The minimum Gasteiger partial charge on any atom is -0.379 e. The van der Waals surface area contributed by atoms with Gasteiger partial charge in [-0.2, -0.15) is 0 Å². The Balaban J connectivity index is 0.00000169. The lowest BCUT2D eigenvalue weighted by atomic mass is 10.0. The van der Waals surface area contributed by atoms with Gasteiger partial charge in [-0.25, -0.2) is 4.39 Å². The van der Waals surface area contributed by atoms with Gasteiger partial charge in [0.05, 0.1) is 32.5 Å². The number of rotatable bonds is 5. The summed E-state index contributed by atoms with van der Waals surface area (Å²) in [7, 11) is 0. The van der Waals surface area contributed by atoms with Crippen LogP contribution in [-0.2, 0) is 14.3 Å². The molecule has 2 fully saturated rings. The fraction of sp³-hybridized carbons (Fsp3) is 0.588. The molecule has 2 aliphatic heterocycles. The first-order valence-corrected chi connectivity index (χ1v) is 8.40. The molecule has 2 N–H and O–H groups in total. The molecule has 0 spiro atoms. The van der Waals surface area contributed by atoms with E-state index in [1.165, 1.54) is 12.1 Å². The number of morpholine rings is 2. The average Bonchev–Trinajstić information content (AvgIpc) is 2.63. The van der Waals surface area contributed by atoms with Gasteiger partial charge in [0.1, 0.15) is 11.9 Å². The third-order valence-corrected chi connectivity index (χ3v) is 4.43. The first-order chi connectivity index (χ1) is 11.7. The van der Waals surface area contributed by atoms with E-state index < -0.39 is 0 Å². The molecule has 0 aromatic heterocycles. The van der Waals surface area contributed by atoms with Crippen LogP contribution in [-0.4, -0.2) is 69.5 Å². The SMILES string of the molecule is Cl.Cl.O=C(NCC(c1cccc(F)c1)N1CCOCC1)C1COCCN1. The number of carbonyl (C=O) groups is 1. The van der Waals surface area contributed by atoms with Gasteiger partial charge in [-0.15, -0.1) is 24.8 Å². The Kier molecular flexibility index (Phi) is 10.4. The number of nitrogens with zero attached hydrogens (tertiary/aromatic N) is 1. The Hall–Kier alpha value is -0.960. The van der Waals surface area contributed by atoms with Gasteiger partial charge in [0, 0.05) is 26.2 Å². The molecule has 1 aromatic rings. The number of hydrogen-bond acceptors (Lipinski definition) is 5. The van der Waals surface area contributed by atoms with Gasteiger partial charge < -0.3 is 20.1 Å². The Morgan fingerprint density at radius 3 is 2.69 bits per heavy atom. The summed E-state index contributed by atoms with van der Waals surface area (Å²) >= 11 is 0. The molecule has 6 nitrogen and oxygen atoms in total. The maximum Gasteiger partial charge on any atom is 0.239 e. The van der Waals surface area contributed by atoms with Crippen molar-refractivity contribution < 1.29 is 18.7 Å². The maximum atomic E-state index is 13.6. The lowest BCUT2D eigenvalue weighted by Crippen LogP contribution is -2.53. The Morgan fingerprint density at radius 1 is 1.27 bits per heavy atom. The molecular weight excluding hydrogens is 384 g/mol. The number of ether oxygens (including phenoxy) is 2. The van der Waals surface area contributed by atoms with E-state index in [0.29, 0.717) is 39.5 Å². The molecule has 2 heterocycles. The zero-order chi connectivity index (χ0) is 16.8. The molecule has 1 amide bonds. The van der Waals surface area contributed by atoms with Gasteiger partial charge in [0.25, 0.3) is 0 Å². The van der Waals surface area contributed by atoms with Crippen molar-refractivity contribution in [2.24, 2.45) is 0 Å². The highest BCUT2D eigenvalue weighted by molar-refractivity contribution is 5.85. The molecule has 2 aliphatic rings. The van der Waals surface area contributed by atoms with Gasteiger partial charge in [0.15, 0.2) is 0 Å². The van der Waals surface area contributed by atoms with E-state index in [-0.39, 0.29) is 48.6 Å². The van der Waals surface area contributed by atoms with Crippen LogP contribution in [0.5, 0.6) is 0 Å².